The molecule has 1 aliphatic rings. The van der Waals surface area contributed by atoms with E-state index in [4.69, 9.17) is 5.11 Å². The smallest absolute Gasteiger partial charge is 0.396 e. The van der Waals surface area contributed by atoms with Gasteiger partial charge in [-0.3, -0.25) is 24.4 Å². The third-order valence-electron chi connectivity index (χ3n) is 5.81. The number of aliphatic hydroxyl groups is 1. The first kappa shape index (κ1) is 30.5. The lowest BCUT2D eigenvalue weighted by molar-refractivity contribution is -0.193. The molecular formula is C26H24F6N4O4. The Labute approximate surface area is 223 Å². The number of fused-ring (bicyclic) bond motifs is 1. The van der Waals surface area contributed by atoms with Crippen LogP contribution in [-0.4, -0.2) is 63.0 Å². The van der Waals surface area contributed by atoms with E-state index in [0.717, 1.165) is 71.6 Å². The van der Waals surface area contributed by atoms with Crippen molar-refractivity contribution in [3.8, 4) is 22.5 Å². The molecule has 0 aromatic carbocycles. The van der Waals surface area contributed by atoms with Gasteiger partial charge in [0.05, 0.1) is 11.3 Å². The van der Waals surface area contributed by atoms with Crippen LogP contribution in [0.3, 0.4) is 0 Å². The van der Waals surface area contributed by atoms with E-state index in [-0.39, 0.29) is 12.5 Å². The number of Topliss-reactive ketones (excluding diaryl/α,β-unsaturated/α-hetero) is 2. The number of ketones is 2. The Balaban J connectivity index is 0.000000312. The topological polar surface area (TPSA) is 125 Å². The van der Waals surface area contributed by atoms with Crippen molar-refractivity contribution in [1.82, 2.24) is 20.3 Å². The zero-order valence-electron chi connectivity index (χ0n) is 20.8. The lowest BCUT2D eigenvalue weighted by atomic mass is 10.1. The van der Waals surface area contributed by atoms with Crippen molar-refractivity contribution in [2.45, 2.75) is 44.5 Å². The van der Waals surface area contributed by atoms with Gasteiger partial charge in [0.2, 0.25) is 0 Å². The average molecular weight is 570 g/mol. The number of nitrogens with zero attached hydrogens (tertiary/aromatic N) is 2. The highest BCUT2D eigenvalue weighted by Gasteiger charge is 2.54. The number of amides is 1. The Hall–Kier alpha value is -4.07. The number of H-pyrrole nitrogens is 1. The summed E-state index contributed by atoms with van der Waals surface area (Å²) in [6, 6.07) is 9.97. The molecule has 40 heavy (non-hydrogen) atoms. The van der Waals surface area contributed by atoms with Crippen molar-refractivity contribution in [2.75, 3.05) is 13.2 Å². The molecule has 4 heterocycles. The van der Waals surface area contributed by atoms with Crippen molar-refractivity contribution in [1.29, 1.82) is 0 Å². The molecule has 214 valence electrons. The molecule has 0 radical (unpaired) electrons. The number of alkyl halides is 6. The molecule has 0 unspecified atom stereocenters. The van der Waals surface area contributed by atoms with E-state index in [9.17, 15) is 40.7 Å². The number of hydrogen-bond donors (Lipinski definition) is 3. The van der Waals surface area contributed by atoms with Gasteiger partial charge in [-0.05, 0) is 49.6 Å². The quantitative estimate of drug-likeness (QED) is 0.210. The average Bonchev–Trinajstić information content (AvgIpc) is 3.36. The highest BCUT2D eigenvalue weighted by Crippen LogP contribution is 2.27. The van der Waals surface area contributed by atoms with Gasteiger partial charge in [-0.1, -0.05) is 6.42 Å². The Morgan fingerprint density at radius 3 is 2.17 bits per heavy atom. The lowest BCUT2D eigenvalue weighted by Gasteiger charge is -2.10. The maximum absolute atomic E-state index is 12.0. The number of carbonyl (C=O) groups excluding carboxylic acids is 3. The zero-order valence-corrected chi connectivity index (χ0v) is 20.8. The molecule has 0 fully saturated rings. The minimum Gasteiger partial charge on any atom is -0.396 e. The molecule has 14 heteroatoms. The van der Waals surface area contributed by atoms with Crippen LogP contribution in [0, 0.1) is 0 Å². The number of aromatic amines is 1. The second kappa shape index (κ2) is 12.9. The molecule has 0 spiro atoms. The van der Waals surface area contributed by atoms with Crippen LogP contribution < -0.4 is 5.32 Å². The molecule has 0 aliphatic carbocycles. The fraction of sp³-hybridized carbons (Fsp3) is 0.346. The SMILES string of the molecule is O=C(C(=O)C(F)(F)F)C(F)(F)F.O=C1NCCc2[nH]c(-c3ccnc(-c4ccc(CCCCCO)nc4)c3)cc21. The number of pyridine rings is 2. The fourth-order valence-electron chi connectivity index (χ4n) is 3.78. The Morgan fingerprint density at radius 1 is 0.900 bits per heavy atom. The van der Waals surface area contributed by atoms with Crippen LogP contribution in [0.15, 0.2) is 42.7 Å². The largest absolute Gasteiger partial charge is 0.458 e. The predicted molar refractivity (Wildman–Crippen MR) is 130 cm³/mol. The van der Waals surface area contributed by atoms with Crippen LogP contribution in [0.1, 0.15) is 41.0 Å². The summed E-state index contributed by atoms with van der Waals surface area (Å²) in [6.45, 7) is 0.925. The van der Waals surface area contributed by atoms with E-state index in [2.05, 4.69) is 20.3 Å². The molecule has 3 aromatic heterocycles. The van der Waals surface area contributed by atoms with Gasteiger partial charge in [-0.25, -0.2) is 0 Å². The third kappa shape index (κ3) is 7.97. The molecule has 8 nitrogen and oxygen atoms in total. The summed E-state index contributed by atoms with van der Waals surface area (Å²) in [5.74, 6) is -6.83. The number of hydrogen-bond acceptors (Lipinski definition) is 6. The first-order valence-corrected chi connectivity index (χ1v) is 12.1. The summed E-state index contributed by atoms with van der Waals surface area (Å²) < 4.78 is 67.0. The van der Waals surface area contributed by atoms with Crippen LogP contribution in [0.25, 0.3) is 22.5 Å². The summed E-state index contributed by atoms with van der Waals surface area (Å²) in [4.78, 5) is 43.7. The second-order valence-electron chi connectivity index (χ2n) is 8.74. The van der Waals surface area contributed by atoms with Gasteiger partial charge in [0, 0.05) is 60.2 Å². The molecule has 0 bridgehead atoms. The molecule has 4 rings (SSSR count). The van der Waals surface area contributed by atoms with Gasteiger partial charge in [0.15, 0.2) is 0 Å². The molecule has 3 aromatic rings. The van der Waals surface area contributed by atoms with Crippen molar-refractivity contribution in [3.63, 3.8) is 0 Å². The van der Waals surface area contributed by atoms with Crippen LogP contribution in [0.4, 0.5) is 26.3 Å². The number of halogens is 6. The number of aliphatic hydroxyl groups excluding tert-OH is 1. The number of aromatic nitrogens is 3. The molecule has 0 atom stereocenters. The minimum atomic E-state index is -5.77. The summed E-state index contributed by atoms with van der Waals surface area (Å²) in [6.07, 6.45) is -3.26. The summed E-state index contributed by atoms with van der Waals surface area (Å²) in [7, 11) is 0. The van der Waals surface area contributed by atoms with Gasteiger partial charge < -0.3 is 15.4 Å². The summed E-state index contributed by atoms with van der Waals surface area (Å²) >= 11 is 0. The lowest BCUT2D eigenvalue weighted by Crippen LogP contribution is -2.39. The minimum absolute atomic E-state index is 0.0168. The molecule has 1 aliphatic heterocycles. The third-order valence-corrected chi connectivity index (χ3v) is 5.81. The van der Waals surface area contributed by atoms with Gasteiger partial charge in [0.1, 0.15) is 0 Å². The van der Waals surface area contributed by atoms with Crippen LogP contribution in [0.5, 0.6) is 0 Å². The number of rotatable bonds is 8. The van der Waals surface area contributed by atoms with Gasteiger partial charge in [-0.15, -0.1) is 0 Å². The summed E-state index contributed by atoms with van der Waals surface area (Å²) in [5.41, 5.74) is 6.53. The van der Waals surface area contributed by atoms with Gasteiger partial charge in [0.25, 0.3) is 5.91 Å². The van der Waals surface area contributed by atoms with E-state index >= 15 is 0 Å². The highest BCUT2D eigenvalue weighted by atomic mass is 19.4. The fourth-order valence-corrected chi connectivity index (χ4v) is 3.78. The van der Waals surface area contributed by atoms with E-state index in [1.165, 1.54) is 0 Å². The molecule has 3 N–H and O–H groups in total. The van der Waals surface area contributed by atoms with Crippen molar-refractivity contribution in [3.05, 3.63) is 59.7 Å². The standard InChI is InChI=1S/C22H24N4O2.C4F6O2/c27-11-3-1-2-4-17-6-5-16(14-25-17)20-12-15(7-9-23-20)21-13-18-19(26-21)8-10-24-22(18)28;5-3(6,7)1(11)2(12)4(8,9)10/h5-7,9,12-14,26-27H,1-4,8,10-11H2,(H,24,28);. The maximum Gasteiger partial charge on any atom is 0.458 e. The van der Waals surface area contributed by atoms with Gasteiger partial charge >= 0.3 is 23.9 Å². The Morgan fingerprint density at radius 2 is 1.60 bits per heavy atom. The number of carbonyl (C=O) groups is 3. The molecule has 1 amide bonds. The Bertz CT molecular complexity index is 1330. The van der Waals surface area contributed by atoms with Crippen LogP contribution >= 0.6 is 0 Å². The highest BCUT2D eigenvalue weighted by molar-refractivity contribution is 6.41. The predicted octanol–water partition coefficient (Wildman–Crippen LogP) is 4.38. The van der Waals surface area contributed by atoms with E-state index in [1.807, 2.05) is 36.5 Å². The molecule has 0 saturated heterocycles. The second-order valence-corrected chi connectivity index (χ2v) is 8.74. The van der Waals surface area contributed by atoms with Crippen LogP contribution in [0.2, 0.25) is 0 Å². The normalized spacial score (nSPS) is 13.1. The number of unbranched alkanes of at least 4 members (excludes halogenated alkanes) is 2. The van der Waals surface area contributed by atoms with Gasteiger partial charge in [-0.2, -0.15) is 26.3 Å². The van der Waals surface area contributed by atoms with Crippen LogP contribution in [-0.2, 0) is 22.4 Å². The van der Waals surface area contributed by atoms with Crippen molar-refractivity contribution in [2.24, 2.45) is 0 Å². The number of aryl methyl sites for hydroxylation is 1. The Kier molecular flexibility index (Phi) is 9.79. The first-order chi connectivity index (χ1) is 18.8. The monoisotopic (exact) mass is 570 g/mol. The molecular weight excluding hydrogens is 546 g/mol. The molecule has 0 saturated carbocycles. The van der Waals surface area contributed by atoms with Crippen molar-refractivity contribution >= 4 is 17.5 Å². The maximum atomic E-state index is 12.0. The van der Waals surface area contributed by atoms with Crippen molar-refractivity contribution < 1.29 is 45.8 Å². The summed E-state index contributed by atoms with van der Waals surface area (Å²) in [5, 5.41) is 11.7. The first-order valence-electron chi connectivity index (χ1n) is 12.1. The number of nitrogens with one attached hydrogen (secondary N) is 2. The zero-order chi connectivity index (χ0) is 29.5. The van der Waals surface area contributed by atoms with E-state index in [0.29, 0.717) is 6.54 Å². The van der Waals surface area contributed by atoms with E-state index in [1.54, 1.807) is 6.20 Å². The van der Waals surface area contributed by atoms with E-state index < -0.39 is 23.9 Å².